The van der Waals surface area contributed by atoms with Crippen LogP contribution in [0.1, 0.15) is 11.1 Å². The summed E-state index contributed by atoms with van der Waals surface area (Å²) in [5.74, 6) is 0.145. The Hall–Kier alpha value is -2.42. The Morgan fingerprint density at radius 1 is 1.07 bits per heavy atom. The monoisotopic (exact) mass is 416 g/mol. The minimum atomic E-state index is -4.45. The number of benzene rings is 2. The lowest BCUT2D eigenvalue weighted by atomic mass is 10.1. The Balaban J connectivity index is 0.00000261. The van der Waals surface area contributed by atoms with Crippen LogP contribution in [0.2, 0.25) is 5.02 Å². The van der Waals surface area contributed by atoms with Gasteiger partial charge in [-0.3, -0.25) is 4.98 Å². The van der Waals surface area contributed by atoms with Gasteiger partial charge < -0.3 is 5.73 Å². The van der Waals surface area contributed by atoms with Gasteiger partial charge in [0.25, 0.3) is 0 Å². The zero-order valence-electron chi connectivity index (χ0n) is 13.5. The predicted molar refractivity (Wildman–Crippen MR) is 98.7 cm³/mol. The van der Waals surface area contributed by atoms with Crippen LogP contribution in [0.25, 0.3) is 22.8 Å². The number of aromatic amines is 1. The van der Waals surface area contributed by atoms with Crippen molar-refractivity contribution in [3.8, 4) is 22.8 Å². The summed E-state index contributed by atoms with van der Waals surface area (Å²) in [4.78, 5) is 22.3. The fourth-order valence-corrected chi connectivity index (χ4v) is 2.54. The normalized spacial score (nSPS) is 11.1. The van der Waals surface area contributed by atoms with Crippen molar-refractivity contribution in [2.75, 3.05) is 0 Å². The van der Waals surface area contributed by atoms with Crippen LogP contribution in [0.5, 0.6) is 0 Å². The third-order valence-electron chi connectivity index (χ3n) is 3.64. The number of halogens is 5. The lowest BCUT2D eigenvalue weighted by Gasteiger charge is -2.09. The second-order valence-electron chi connectivity index (χ2n) is 5.42. The molecule has 142 valence electrons. The van der Waals surface area contributed by atoms with Gasteiger partial charge in [0.15, 0.2) is 5.82 Å². The van der Waals surface area contributed by atoms with E-state index >= 15 is 0 Å². The lowest BCUT2D eigenvalue weighted by molar-refractivity contribution is -0.137. The minimum Gasteiger partial charge on any atom is -0.326 e. The van der Waals surface area contributed by atoms with E-state index < -0.39 is 17.4 Å². The molecule has 3 rings (SSSR count). The number of nitrogens with zero attached hydrogens (tertiary/aromatic N) is 2. The summed E-state index contributed by atoms with van der Waals surface area (Å²) in [5.41, 5.74) is 5.61. The summed E-state index contributed by atoms with van der Waals surface area (Å²) in [6.07, 6.45) is -4.45. The van der Waals surface area contributed by atoms with Gasteiger partial charge in [-0.2, -0.15) is 18.2 Å². The highest BCUT2D eigenvalue weighted by Gasteiger charge is 2.30. The topological polar surface area (TPSA) is 84.7 Å². The van der Waals surface area contributed by atoms with Crippen LogP contribution in [0, 0.1) is 0 Å². The smallest absolute Gasteiger partial charge is 0.326 e. The molecule has 2 aromatic carbocycles. The van der Waals surface area contributed by atoms with E-state index in [0.717, 1.165) is 17.7 Å². The van der Waals surface area contributed by atoms with E-state index in [1.165, 1.54) is 12.1 Å². The van der Waals surface area contributed by atoms with E-state index in [2.05, 4.69) is 15.0 Å². The lowest BCUT2D eigenvalue weighted by Crippen LogP contribution is -2.15. The second kappa shape index (κ2) is 8.08. The van der Waals surface area contributed by atoms with Crippen LogP contribution in [-0.4, -0.2) is 15.0 Å². The quantitative estimate of drug-likeness (QED) is 0.674. The Morgan fingerprint density at radius 2 is 1.74 bits per heavy atom. The van der Waals surface area contributed by atoms with E-state index in [0.29, 0.717) is 10.6 Å². The van der Waals surface area contributed by atoms with E-state index in [1.807, 2.05) is 0 Å². The molecule has 0 aliphatic carbocycles. The molecule has 0 aliphatic rings. The number of hydrogen-bond donors (Lipinski definition) is 2. The van der Waals surface area contributed by atoms with Crippen LogP contribution >= 0.6 is 24.0 Å². The molecule has 0 unspecified atom stereocenters. The highest BCUT2D eigenvalue weighted by atomic mass is 35.5. The summed E-state index contributed by atoms with van der Waals surface area (Å²) in [6, 6.07) is 9.26. The van der Waals surface area contributed by atoms with Gasteiger partial charge in [0, 0.05) is 17.7 Å². The van der Waals surface area contributed by atoms with Gasteiger partial charge in [-0.25, -0.2) is 9.78 Å². The molecular formula is C17H13Cl2F3N4O. The Morgan fingerprint density at radius 3 is 2.33 bits per heavy atom. The van der Waals surface area contributed by atoms with Crippen molar-refractivity contribution in [1.82, 2.24) is 15.0 Å². The van der Waals surface area contributed by atoms with Crippen molar-refractivity contribution in [3.63, 3.8) is 0 Å². The van der Waals surface area contributed by atoms with E-state index in [1.54, 1.807) is 18.2 Å². The van der Waals surface area contributed by atoms with Crippen molar-refractivity contribution in [2.45, 2.75) is 12.7 Å². The van der Waals surface area contributed by atoms with Crippen LogP contribution in [0.4, 0.5) is 13.2 Å². The molecule has 0 fully saturated rings. The first-order chi connectivity index (χ1) is 12.3. The Bertz CT molecular complexity index is 1000. The minimum absolute atomic E-state index is 0. The zero-order chi connectivity index (χ0) is 18.9. The fraction of sp³-hybridized carbons (Fsp3) is 0.118. The third kappa shape index (κ3) is 4.65. The number of aromatic nitrogens is 3. The van der Waals surface area contributed by atoms with E-state index in [-0.39, 0.29) is 36.2 Å². The van der Waals surface area contributed by atoms with Crippen molar-refractivity contribution in [3.05, 3.63) is 69.1 Å². The highest BCUT2D eigenvalue weighted by Crippen LogP contribution is 2.31. The number of rotatable bonds is 3. The van der Waals surface area contributed by atoms with Gasteiger partial charge in [0.1, 0.15) is 5.82 Å². The molecule has 3 N–H and O–H groups in total. The zero-order valence-corrected chi connectivity index (χ0v) is 15.1. The van der Waals surface area contributed by atoms with Crippen molar-refractivity contribution >= 4 is 24.0 Å². The molecule has 0 amide bonds. The number of nitrogens with one attached hydrogen (secondary N) is 1. The maximum absolute atomic E-state index is 12.7. The summed E-state index contributed by atoms with van der Waals surface area (Å²) in [6.45, 7) is 0.269. The standard InChI is InChI=1S/C17H12ClF3N4O.ClH/c18-13-6-1-9(8-22)7-12(13)15-23-14(24-16(26)25-15)10-2-4-11(5-3-10)17(19,20)21;/h1-7H,8,22H2,(H,23,24,25,26);1H. The second-order valence-corrected chi connectivity index (χ2v) is 5.83. The molecule has 0 saturated carbocycles. The summed E-state index contributed by atoms with van der Waals surface area (Å²) >= 11 is 6.16. The molecule has 0 aliphatic heterocycles. The number of H-pyrrole nitrogens is 1. The average molecular weight is 417 g/mol. The Labute approximate surface area is 162 Å². The largest absolute Gasteiger partial charge is 0.416 e. The molecular weight excluding hydrogens is 404 g/mol. The van der Waals surface area contributed by atoms with Crippen molar-refractivity contribution < 1.29 is 13.2 Å². The van der Waals surface area contributed by atoms with E-state index in [4.69, 9.17) is 17.3 Å². The molecule has 10 heteroatoms. The molecule has 0 saturated heterocycles. The van der Waals surface area contributed by atoms with Gasteiger partial charge in [0.2, 0.25) is 0 Å². The van der Waals surface area contributed by atoms with Gasteiger partial charge in [-0.15, -0.1) is 12.4 Å². The number of alkyl halides is 3. The fourth-order valence-electron chi connectivity index (χ4n) is 2.33. The molecule has 0 radical (unpaired) electrons. The number of hydrogen-bond acceptors (Lipinski definition) is 4. The summed E-state index contributed by atoms with van der Waals surface area (Å²) in [7, 11) is 0. The van der Waals surface area contributed by atoms with Crippen molar-refractivity contribution in [2.24, 2.45) is 5.73 Å². The van der Waals surface area contributed by atoms with Crippen molar-refractivity contribution in [1.29, 1.82) is 0 Å². The van der Waals surface area contributed by atoms with Crippen LogP contribution < -0.4 is 11.4 Å². The van der Waals surface area contributed by atoms with Crippen LogP contribution in [-0.2, 0) is 12.7 Å². The summed E-state index contributed by atoms with van der Waals surface area (Å²) < 4.78 is 38.0. The first-order valence-electron chi connectivity index (χ1n) is 7.43. The highest BCUT2D eigenvalue weighted by molar-refractivity contribution is 6.33. The average Bonchev–Trinajstić information content (AvgIpc) is 2.61. The molecule has 27 heavy (non-hydrogen) atoms. The molecule has 0 bridgehead atoms. The molecule has 1 heterocycles. The predicted octanol–water partition coefficient (Wildman–Crippen LogP) is 4.05. The van der Waals surface area contributed by atoms with Crippen LogP contribution in [0.3, 0.4) is 0 Å². The van der Waals surface area contributed by atoms with E-state index in [9.17, 15) is 18.0 Å². The first-order valence-corrected chi connectivity index (χ1v) is 7.80. The number of nitrogens with two attached hydrogens (primary N) is 1. The molecule has 5 nitrogen and oxygen atoms in total. The third-order valence-corrected chi connectivity index (χ3v) is 3.97. The van der Waals surface area contributed by atoms with Crippen LogP contribution in [0.15, 0.2) is 47.3 Å². The van der Waals surface area contributed by atoms with Gasteiger partial charge in [0.05, 0.1) is 10.6 Å². The molecule has 1 aromatic heterocycles. The Kier molecular flexibility index (Phi) is 6.25. The van der Waals surface area contributed by atoms with Gasteiger partial charge in [-0.1, -0.05) is 29.8 Å². The molecule has 3 aromatic rings. The first kappa shape index (κ1) is 20.9. The maximum Gasteiger partial charge on any atom is 0.416 e. The summed E-state index contributed by atoms with van der Waals surface area (Å²) in [5, 5.41) is 0.343. The van der Waals surface area contributed by atoms with Gasteiger partial charge in [-0.05, 0) is 29.8 Å². The molecule has 0 atom stereocenters. The maximum atomic E-state index is 12.7. The van der Waals surface area contributed by atoms with Gasteiger partial charge >= 0.3 is 11.9 Å². The molecule has 0 spiro atoms. The SMILES string of the molecule is Cl.NCc1ccc(Cl)c(-c2nc(-c3ccc(C(F)(F)F)cc3)nc(=O)[nH]2)c1.